The van der Waals surface area contributed by atoms with Crippen molar-refractivity contribution in [1.29, 1.82) is 0 Å². The number of rotatable bonds is 10. The minimum Gasteiger partial charge on any atom is -0.465 e. The molecule has 0 saturated heterocycles. The van der Waals surface area contributed by atoms with Crippen LogP contribution in [0.4, 0.5) is 5.69 Å². The van der Waals surface area contributed by atoms with Crippen molar-refractivity contribution >= 4 is 40.8 Å². The van der Waals surface area contributed by atoms with Crippen LogP contribution in [0.2, 0.25) is 0 Å². The summed E-state index contributed by atoms with van der Waals surface area (Å²) < 4.78 is 5.15. The number of anilines is 1. The molecule has 2 amide bonds. The molecule has 0 bridgehead atoms. The van der Waals surface area contributed by atoms with Gasteiger partial charge < -0.3 is 20.7 Å². The van der Waals surface area contributed by atoms with Crippen LogP contribution in [0.25, 0.3) is 0 Å². The first-order valence-corrected chi connectivity index (χ1v) is 10.2. The molecule has 2 aromatic rings. The van der Waals surface area contributed by atoms with E-state index < -0.39 is 11.9 Å². The monoisotopic (exact) mass is 439 g/mol. The summed E-state index contributed by atoms with van der Waals surface area (Å²) in [6.45, 7) is 4.15. The smallest absolute Gasteiger partial charge is 0.306 e. The van der Waals surface area contributed by atoms with Gasteiger partial charge in [0.2, 0.25) is 5.91 Å². The molecular formula is C23H25N3O4S. The Hall–Kier alpha value is -3.52. The lowest BCUT2D eigenvalue weighted by Crippen LogP contribution is -2.35. The molecule has 0 saturated carbocycles. The Morgan fingerprint density at radius 1 is 1.00 bits per heavy atom. The van der Waals surface area contributed by atoms with E-state index in [-0.39, 0.29) is 30.5 Å². The van der Waals surface area contributed by atoms with Crippen LogP contribution < -0.4 is 16.0 Å². The number of thiocarbonyl (C=S) groups is 1. The third-order valence-electron chi connectivity index (χ3n) is 4.13. The van der Waals surface area contributed by atoms with E-state index in [0.717, 1.165) is 5.56 Å². The number of carbonyl (C=O) groups is 3. The van der Waals surface area contributed by atoms with Gasteiger partial charge in [0.05, 0.1) is 24.3 Å². The fourth-order valence-corrected chi connectivity index (χ4v) is 2.83. The highest BCUT2D eigenvalue weighted by Crippen LogP contribution is 2.14. The van der Waals surface area contributed by atoms with E-state index in [0.29, 0.717) is 24.2 Å². The first-order valence-electron chi connectivity index (χ1n) is 9.78. The molecule has 162 valence electrons. The molecule has 0 unspecified atom stereocenters. The van der Waals surface area contributed by atoms with Crippen molar-refractivity contribution < 1.29 is 19.1 Å². The number of nitrogens with one attached hydrogen (secondary N) is 3. The summed E-state index contributed by atoms with van der Waals surface area (Å²) in [6.07, 6.45) is 2.08. The fourth-order valence-electron chi connectivity index (χ4n) is 2.61. The first kappa shape index (κ1) is 23.8. The highest BCUT2D eigenvalue weighted by atomic mass is 32.1. The van der Waals surface area contributed by atoms with Crippen molar-refractivity contribution in [2.24, 2.45) is 0 Å². The largest absolute Gasteiger partial charge is 0.465 e. The molecule has 0 atom stereocenters. The molecule has 0 aliphatic heterocycles. The summed E-state index contributed by atoms with van der Waals surface area (Å²) in [5.74, 6) is -1.17. The summed E-state index contributed by atoms with van der Waals surface area (Å²) in [4.78, 5) is 36.1. The molecular weight excluding hydrogens is 414 g/mol. The molecule has 0 aromatic heterocycles. The van der Waals surface area contributed by atoms with Crippen molar-refractivity contribution in [3.05, 3.63) is 78.4 Å². The molecule has 2 rings (SSSR count). The standard InChI is InChI=1S/C23H25N3O4S/c1-2-15-24-22(29)18-10-6-7-11-19(18)25-23(31)26-20(27)12-13-21(28)30-16-14-17-8-4-3-5-9-17/h2-11H,1,12-16H2,(H,24,29)(H2,25,26,27,31). The third-order valence-corrected chi connectivity index (χ3v) is 4.34. The lowest BCUT2D eigenvalue weighted by atomic mass is 10.1. The van der Waals surface area contributed by atoms with Gasteiger partial charge in [0.1, 0.15) is 0 Å². The molecule has 0 aliphatic rings. The van der Waals surface area contributed by atoms with Gasteiger partial charge in [-0.25, -0.2) is 0 Å². The Kier molecular flexibility index (Phi) is 9.90. The van der Waals surface area contributed by atoms with Gasteiger partial charge >= 0.3 is 5.97 Å². The second-order valence-electron chi connectivity index (χ2n) is 6.50. The van der Waals surface area contributed by atoms with Crippen LogP contribution in [0.5, 0.6) is 0 Å². The number of carbonyl (C=O) groups excluding carboxylic acids is 3. The van der Waals surface area contributed by atoms with E-state index in [9.17, 15) is 14.4 Å². The fraction of sp³-hybridized carbons (Fsp3) is 0.217. The Morgan fingerprint density at radius 2 is 1.71 bits per heavy atom. The van der Waals surface area contributed by atoms with Crippen LogP contribution >= 0.6 is 12.2 Å². The second kappa shape index (κ2) is 12.9. The average Bonchev–Trinajstić information content (AvgIpc) is 2.77. The van der Waals surface area contributed by atoms with Gasteiger partial charge in [-0.3, -0.25) is 14.4 Å². The van der Waals surface area contributed by atoms with Crippen LogP contribution in [0, 0.1) is 0 Å². The topological polar surface area (TPSA) is 96.5 Å². The van der Waals surface area contributed by atoms with Crippen molar-refractivity contribution in [2.75, 3.05) is 18.5 Å². The summed E-state index contributed by atoms with van der Waals surface area (Å²) in [7, 11) is 0. The summed E-state index contributed by atoms with van der Waals surface area (Å²) in [5.41, 5.74) is 1.90. The number of para-hydroxylation sites is 1. The Bertz CT molecular complexity index is 931. The molecule has 31 heavy (non-hydrogen) atoms. The summed E-state index contributed by atoms with van der Waals surface area (Å²) in [5, 5.41) is 8.05. The predicted octanol–water partition coefficient (Wildman–Crippen LogP) is 2.98. The van der Waals surface area contributed by atoms with E-state index in [1.54, 1.807) is 30.3 Å². The molecule has 0 spiro atoms. The predicted molar refractivity (Wildman–Crippen MR) is 124 cm³/mol. The van der Waals surface area contributed by atoms with Crippen molar-refractivity contribution in [3.63, 3.8) is 0 Å². The molecule has 0 fully saturated rings. The van der Waals surface area contributed by atoms with Crippen molar-refractivity contribution in [3.8, 4) is 0 Å². The first-order chi connectivity index (χ1) is 15.0. The van der Waals surface area contributed by atoms with E-state index >= 15 is 0 Å². The Balaban J connectivity index is 1.73. The third kappa shape index (κ3) is 8.79. The van der Waals surface area contributed by atoms with Gasteiger partial charge in [-0.2, -0.15) is 0 Å². The van der Waals surface area contributed by atoms with Gasteiger partial charge in [-0.1, -0.05) is 48.5 Å². The summed E-state index contributed by atoms with van der Waals surface area (Å²) >= 11 is 5.14. The molecule has 7 nitrogen and oxygen atoms in total. The van der Waals surface area contributed by atoms with Gasteiger partial charge in [-0.15, -0.1) is 6.58 Å². The van der Waals surface area contributed by atoms with Crippen molar-refractivity contribution in [2.45, 2.75) is 19.3 Å². The maximum atomic E-state index is 12.2. The van der Waals surface area contributed by atoms with E-state index in [4.69, 9.17) is 17.0 Å². The molecule has 0 heterocycles. The van der Waals surface area contributed by atoms with E-state index in [2.05, 4.69) is 22.5 Å². The van der Waals surface area contributed by atoms with Crippen LogP contribution in [0.1, 0.15) is 28.8 Å². The molecule has 8 heteroatoms. The Morgan fingerprint density at radius 3 is 2.45 bits per heavy atom. The average molecular weight is 440 g/mol. The Labute approximate surface area is 186 Å². The SMILES string of the molecule is C=CCNC(=O)c1ccccc1NC(=S)NC(=O)CCC(=O)OCCc1ccccc1. The highest BCUT2D eigenvalue weighted by Gasteiger charge is 2.13. The van der Waals surface area contributed by atoms with Crippen LogP contribution in [-0.4, -0.2) is 36.0 Å². The number of esters is 1. The molecule has 2 aromatic carbocycles. The number of benzene rings is 2. The number of hydrogen-bond donors (Lipinski definition) is 3. The minimum atomic E-state index is -0.450. The number of amides is 2. The molecule has 0 radical (unpaired) electrons. The van der Waals surface area contributed by atoms with Crippen LogP contribution in [0.15, 0.2) is 67.3 Å². The zero-order chi connectivity index (χ0) is 22.5. The minimum absolute atomic E-state index is 0.0337. The number of ether oxygens (including phenoxy) is 1. The normalized spacial score (nSPS) is 9.94. The van der Waals surface area contributed by atoms with Gasteiger partial charge in [0, 0.05) is 19.4 Å². The molecule has 3 N–H and O–H groups in total. The molecule has 0 aliphatic carbocycles. The summed E-state index contributed by atoms with van der Waals surface area (Å²) in [6, 6.07) is 16.4. The van der Waals surface area contributed by atoms with Gasteiger partial charge in [0.15, 0.2) is 5.11 Å². The maximum Gasteiger partial charge on any atom is 0.306 e. The van der Waals surface area contributed by atoms with Crippen LogP contribution in [0.3, 0.4) is 0 Å². The number of hydrogen-bond acceptors (Lipinski definition) is 5. The van der Waals surface area contributed by atoms with Crippen LogP contribution in [-0.2, 0) is 20.7 Å². The quantitative estimate of drug-likeness (QED) is 0.299. The zero-order valence-electron chi connectivity index (χ0n) is 17.1. The van der Waals surface area contributed by atoms with Gasteiger partial charge in [0.25, 0.3) is 5.91 Å². The van der Waals surface area contributed by atoms with Gasteiger partial charge in [-0.05, 0) is 29.9 Å². The van der Waals surface area contributed by atoms with Crippen molar-refractivity contribution in [1.82, 2.24) is 10.6 Å². The highest BCUT2D eigenvalue weighted by molar-refractivity contribution is 7.80. The zero-order valence-corrected chi connectivity index (χ0v) is 17.9. The lowest BCUT2D eigenvalue weighted by molar-refractivity contribution is -0.144. The lowest BCUT2D eigenvalue weighted by Gasteiger charge is -2.13. The maximum absolute atomic E-state index is 12.2. The van der Waals surface area contributed by atoms with E-state index in [1.807, 2.05) is 30.3 Å². The second-order valence-corrected chi connectivity index (χ2v) is 6.91. The van der Waals surface area contributed by atoms with E-state index in [1.165, 1.54) is 0 Å².